The zero-order valence-corrected chi connectivity index (χ0v) is 17.0. The van der Waals surface area contributed by atoms with Gasteiger partial charge in [0.25, 0.3) is 0 Å². The molecule has 0 atom stereocenters. The van der Waals surface area contributed by atoms with Gasteiger partial charge in [0.1, 0.15) is 0 Å². The monoisotopic (exact) mass is 432 g/mol. The average molecular weight is 433 g/mol. The van der Waals surface area contributed by atoms with Gasteiger partial charge in [-0.25, -0.2) is 8.42 Å². The van der Waals surface area contributed by atoms with Gasteiger partial charge in [0.2, 0.25) is 5.91 Å². The highest BCUT2D eigenvalue weighted by atomic mass is 32.2. The number of hydrogen-bond donors (Lipinski definition) is 2. The van der Waals surface area contributed by atoms with E-state index in [0.29, 0.717) is 25.5 Å². The number of nitrogens with one attached hydrogen (secondary N) is 2. The molecular weight excluding hydrogens is 405 g/mol. The second-order valence-corrected chi connectivity index (χ2v) is 10.3. The van der Waals surface area contributed by atoms with Gasteiger partial charge in [-0.3, -0.25) is 4.79 Å². The largest absolute Gasteiger partial charge is 0.416 e. The number of halogens is 3. The van der Waals surface area contributed by atoms with E-state index in [-0.39, 0.29) is 29.3 Å². The Bertz CT molecular complexity index is 815. The molecule has 2 fully saturated rings. The summed E-state index contributed by atoms with van der Waals surface area (Å²) in [7, 11) is -3.79. The predicted octanol–water partition coefficient (Wildman–Crippen LogP) is 3.30. The van der Waals surface area contributed by atoms with Crippen molar-refractivity contribution in [1.82, 2.24) is 10.6 Å². The lowest BCUT2D eigenvalue weighted by Gasteiger charge is -2.35. The molecule has 1 aromatic carbocycles. The Kier molecular flexibility index (Phi) is 6.88. The number of alkyl halides is 3. The van der Waals surface area contributed by atoms with E-state index >= 15 is 0 Å². The normalized spacial score (nSPS) is 23.4. The molecule has 162 valence electrons. The molecule has 0 heterocycles. The van der Waals surface area contributed by atoms with Gasteiger partial charge in [0.05, 0.1) is 22.3 Å². The highest BCUT2D eigenvalue weighted by Gasteiger charge is 2.40. The van der Waals surface area contributed by atoms with Gasteiger partial charge in [-0.2, -0.15) is 13.2 Å². The summed E-state index contributed by atoms with van der Waals surface area (Å²) in [6.45, 7) is 0.713. The van der Waals surface area contributed by atoms with E-state index < -0.39 is 26.8 Å². The molecule has 0 unspecified atom stereocenters. The van der Waals surface area contributed by atoms with Crippen molar-refractivity contribution in [1.29, 1.82) is 0 Å². The molecule has 2 aliphatic rings. The standard InChI is InChI=1S/C20H27F3N2O3S/c21-20(22,23)15-5-4-8-17(11-15)29(27,28)18-9-14(10-18)12-24-13-19(26)25-16-6-2-1-3-7-16/h4-5,8,11,14,16,18,24H,1-3,6-7,9-10,12-13H2,(H,25,26). The summed E-state index contributed by atoms with van der Waals surface area (Å²) in [5.41, 5.74) is -0.958. The lowest BCUT2D eigenvalue weighted by Crippen LogP contribution is -2.45. The van der Waals surface area contributed by atoms with Crippen LogP contribution in [0.2, 0.25) is 0 Å². The molecular formula is C20H27F3N2O3S. The first kappa shape index (κ1) is 22.1. The minimum absolute atomic E-state index is 0.0515. The minimum Gasteiger partial charge on any atom is -0.352 e. The Morgan fingerprint density at radius 3 is 2.45 bits per heavy atom. The second kappa shape index (κ2) is 9.04. The number of carbonyl (C=O) groups is 1. The zero-order valence-electron chi connectivity index (χ0n) is 16.2. The summed E-state index contributed by atoms with van der Waals surface area (Å²) in [4.78, 5) is 11.7. The third-order valence-corrected chi connectivity index (χ3v) is 7.98. The maximum atomic E-state index is 12.8. The van der Waals surface area contributed by atoms with Crippen LogP contribution in [-0.2, 0) is 20.8 Å². The van der Waals surface area contributed by atoms with Gasteiger partial charge in [-0.15, -0.1) is 0 Å². The number of sulfone groups is 1. The molecule has 9 heteroatoms. The van der Waals surface area contributed by atoms with Crippen molar-refractivity contribution in [2.75, 3.05) is 13.1 Å². The summed E-state index contributed by atoms with van der Waals surface area (Å²) in [6.07, 6.45) is 1.73. The van der Waals surface area contributed by atoms with Crippen LogP contribution in [0.1, 0.15) is 50.5 Å². The SMILES string of the molecule is O=C(CNCC1CC(S(=O)(=O)c2cccc(C(F)(F)F)c2)C1)NC1CCCCC1. The molecule has 0 radical (unpaired) electrons. The van der Waals surface area contributed by atoms with Crippen LogP contribution >= 0.6 is 0 Å². The smallest absolute Gasteiger partial charge is 0.352 e. The van der Waals surface area contributed by atoms with Gasteiger partial charge in [0.15, 0.2) is 9.84 Å². The Morgan fingerprint density at radius 1 is 1.10 bits per heavy atom. The Hall–Kier alpha value is -1.61. The molecule has 2 saturated carbocycles. The number of hydrogen-bond acceptors (Lipinski definition) is 4. The molecule has 1 aromatic rings. The van der Waals surface area contributed by atoms with E-state index in [1.54, 1.807) is 0 Å². The molecule has 2 N–H and O–H groups in total. The van der Waals surface area contributed by atoms with E-state index in [0.717, 1.165) is 37.8 Å². The number of rotatable bonds is 7. The highest BCUT2D eigenvalue weighted by molar-refractivity contribution is 7.92. The van der Waals surface area contributed by atoms with Crippen LogP contribution < -0.4 is 10.6 Å². The average Bonchev–Trinajstić information content (AvgIpc) is 2.63. The van der Waals surface area contributed by atoms with Crippen LogP contribution in [0, 0.1) is 5.92 Å². The van der Waals surface area contributed by atoms with Crippen molar-refractivity contribution in [3.63, 3.8) is 0 Å². The topological polar surface area (TPSA) is 75.3 Å². The summed E-state index contributed by atoms with van der Waals surface area (Å²) in [6, 6.07) is 4.16. The van der Waals surface area contributed by atoms with Gasteiger partial charge in [-0.05, 0) is 56.3 Å². The number of benzene rings is 1. The number of carbonyl (C=O) groups excluding carboxylic acids is 1. The van der Waals surface area contributed by atoms with Crippen molar-refractivity contribution >= 4 is 15.7 Å². The van der Waals surface area contributed by atoms with E-state index in [9.17, 15) is 26.4 Å². The van der Waals surface area contributed by atoms with Crippen LogP contribution in [0.3, 0.4) is 0 Å². The molecule has 2 aliphatic carbocycles. The molecule has 5 nitrogen and oxygen atoms in total. The highest BCUT2D eigenvalue weighted by Crippen LogP contribution is 2.37. The fourth-order valence-electron chi connectivity index (χ4n) is 4.05. The maximum Gasteiger partial charge on any atom is 0.416 e. The van der Waals surface area contributed by atoms with Crippen molar-refractivity contribution in [2.45, 2.75) is 67.3 Å². The first-order chi connectivity index (χ1) is 13.7. The Labute approximate surface area is 169 Å². The Balaban J connectivity index is 1.42. The molecule has 0 spiro atoms. The second-order valence-electron chi connectivity index (χ2n) is 8.06. The quantitative estimate of drug-likeness (QED) is 0.693. The summed E-state index contributed by atoms with van der Waals surface area (Å²) in [5.74, 6) is 0.0485. The fourth-order valence-corrected chi connectivity index (χ4v) is 6.05. The van der Waals surface area contributed by atoms with Gasteiger partial charge in [0, 0.05) is 6.04 Å². The van der Waals surface area contributed by atoms with E-state index in [1.165, 1.54) is 12.5 Å². The van der Waals surface area contributed by atoms with E-state index in [1.807, 2.05) is 0 Å². The predicted molar refractivity (Wildman–Crippen MR) is 103 cm³/mol. The molecule has 29 heavy (non-hydrogen) atoms. The van der Waals surface area contributed by atoms with Crippen molar-refractivity contribution < 1.29 is 26.4 Å². The lowest BCUT2D eigenvalue weighted by molar-refractivity contribution is -0.137. The van der Waals surface area contributed by atoms with Gasteiger partial charge in [-0.1, -0.05) is 25.3 Å². The fraction of sp³-hybridized carbons (Fsp3) is 0.650. The van der Waals surface area contributed by atoms with Gasteiger partial charge < -0.3 is 10.6 Å². The third-order valence-electron chi connectivity index (χ3n) is 5.81. The summed E-state index contributed by atoms with van der Waals surface area (Å²) < 4.78 is 63.7. The lowest BCUT2D eigenvalue weighted by atomic mass is 9.85. The molecule has 0 saturated heterocycles. The number of amides is 1. The molecule has 3 rings (SSSR count). The van der Waals surface area contributed by atoms with Gasteiger partial charge >= 0.3 is 6.18 Å². The van der Waals surface area contributed by atoms with Crippen molar-refractivity contribution in [3.05, 3.63) is 29.8 Å². The molecule has 1 amide bonds. The van der Waals surface area contributed by atoms with Crippen molar-refractivity contribution in [2.24, 2.45) is 5.92 Å². The molecule has 0 aromatic heterocycles. The summed E-state index contributed by atoms with van der Waals surface area (Å²) >= 11 is 0. The first-order valence-electron chi connectivity index (χ1n) is 10.1. The van der Waals surface area contributed by atoms with Crippen molar-refractivity contribution in [3.8, 4) is 0 Å². The zero-order chi connectivity index (χ0) is 21.1. The Morgan fingerprint density at radius 2 is 1.79 bits per heavy atom. The van der Waals surface area contributed by atoms with E-state index in [4.69, 9.17) is 0 Å². The minimum atomic E-state index is -4.57. The molecule has 0 bridgehead atoms. The third kappa shape index (κ3) is 5.72. The van der Waals surface area contributed by atoms with Crippen LogP contribution in [0.5, 0.6) is 0 Å². The first-order valence-corrected chi connectivity index (χ1v) is 11.6. The molecule has 0 aliphatic heterocycles. The van der Waals surface area contributed by atoms with Crippen LogP contribution in [-0.4, -0.2) is 38.7 Å². The van der Waals surface area contributed by atoms with Crippen LogP contribution in [0.4, 0.5) is 13.2 Å². The maximum absolute atomic E-state index is 12.8. The summed E-state index contributed by atoms with van der Waals surface area (Å²) in [5, 5.41) is 5.40. The van der Waals surface area contributed by atoms with Crippen LogP contribution in [0.25, 0.3) is 0 Å². The van der Waals surface area contributed by atoms with Crippen LogP contribution in [0.15, 0.2) is 29.2 Å². The van der Waals surface area contributed by atoms with E-state index in [2.05, 4.69) is 10.6 Å².